The van der Waals surface area contributed by atoms with E-state index in [1.54, 1.807) is 52.0 Å². The van der Waals surface area contributed by atoms with E-state index in [2.05, 4.69) is 5.32 Å². The average molecular weight is 266 g/mol. The van der Waals surface area contributed by atoms with Gasteiger partial charge in [0.25, 0.3) is 0 Å². The van der Waals surface area contributed by atoms with Crippen LogP contribution in [-0.4, -0.2) is 23.3 Å². The van der Waals surface area contributed by atoms with Gasteiger partial charge in [0, 0.05) is 6.54 Å². The van der Waals surface area contributed by atoms with Gasteiger partial charge in [-0.3, -0.25) is 0 Å². The fraction of sp³-hybridized carbons (Fsp3) is 0.500. The summed E-state index contributed by atoms with van der Waals surface area (Å²) >= 11 is 0. The second-order valence-corrected chi connectivity index (χ2v) is 5.82. The Bertz CT molecular complexity index is 433. The number of alkyl carbamates (subject to hydrolysis) is 1. The van der Waals surface area contributed by atoms with Crippen LogP contribution in [0.4, 0.5) is 4.79 Å². The third-order valence-electron chi connectivity index (χ3n) is 2.53. The monoisotopic (exact) mass is 266 g/mol. The molecule has 0 bridgehead atoms. The lowest BCUT2D eigenvalue weighted by Crippen LogP contribution is -2.46. The Morgan fingerprint density at radius 3 is 2.26 bits per heavy atom. The first-order chi connectivity index (χ1) is 8.60. The molecule has 5 heteroatoms. The molecule has 0 spiro atoms. The van der Waals surface area contributed by atoms with Gasteiger partial charge in [0.2, 0.25) is 0 Å². The third-order valence-corrected chi connectivity index (χ3v) is 2.53. The number of hydrogen-bond donors (Lipinski definition) is 3. The molecule has 1 unspecified atom stereocenters. The van der Waals surface area contributed by atoms with Crippen molar-refractivity contribution in [2.45, 2.75) is 38.8 Å². The molecule has 0 radical (unpaired) electrons. The molecule has 0 aliphatic heterocycles. The number of phenolic OH excluding ortho intramolecular Hbond substituents is 1. The van der Waals surface area contributed by atoms with Crippen LogP contribution in [0, 0.1) is 0 Å². The summed E-state index contributed by atoms with van der Waals surface area (Å²) in [5.74, 6) is 0.180. The maximum atomic E-state index is 11.6. The molecular weight excluding hydrogens is 244 g/mol. The minimum absolute atomic E-state index is 0.180. The van der Waals surface area contributed by atoms with Gasteiger partial charge < -0.3 is 20.9 Å². The molecule has 4 N–H and O–H groups in total. The largest absolute Gasteiger partial charge is 0.508 e. The Morgan fingerprint density at radius 1 is 1.26 bits per heavy atom. The molecule has 19 heavy (non-hydrogen) atoms. The van der Waals surface area contributed by atoms with Crippen LogP contribution in [0.25, 0.3) is 0 Å². The second-order valence-electron chi connectivity index (χ2n) is 5.82. The number of nitrogens with two attached hydrogens (primary N) is 1. The summed E-state index contributed by atoms with van der Waals surface area (Å²) < 4.78 is 5.14. The van der Waals surface area contributed by atoms with Gasteiger partial charge >= 0.3 is 6.09 Å². The predicted molar refractivity (Wildman–Crippen MR) is 73.9 cm³/mol. The highest BCUT2D eigenvalue weighted by atomic mass is 16.6. The van der Waals surface area contributed by atoms with E-state index in [0.29, 0.717) is 0 Å². The fourth-order valence-corrected chi connectivity index (χ4v) is 1.51. The number of nitrogens with one attached hydrogen (secondary N) is 1. The van der Waals surface area contributed by atoms with Crippen LogP contribution in [0.3, 0.4) is 0 Å². The number of ether oxygens (including phenoxy) is 1. The minimum atomic E-state index is -0.732. The van der Waals surface area contributed by atoms with Crippen molar-refractivity contribution < 1.29 is 14.6 Å². The zero-order valence-electron chi connectivity index (χ0n) is 11.9. The van der Waals surface area contributed by atoms with Crippen LogP contribution in [0.1, 0.15) is 33.3 Å². The molecule has 0 aromatic heterocycles. The Hall–Kier alpha value is -1.75. The third kappa shape index (κ3) is 5.18. The first-order valence-electron chi connectivity index (χ1n) is 6.15. The van der Waals surface area contributed by atoms with Crippen LogP contribution in [0.5, 0.6) is 5.75 Å². The van der Waals surface area contributed by atoms with Crippen LogP contribution < -0.4 is 11.1 Å². The Kier molecular flexibility index (Phi) is 4.42. The van der Waals surface area contributed by atoms with Gasteiger partial charge in [0.05, 0.1) is 5.54 Å². The van der Waals surface area contributed by atoms with Gasteiger partial charge in [-0.15, -0.1) is 0 Å². The number of carbonyl (C=O) groups is 1. The Balaban J connectivity index is 2.60. The van der Waals surface area contributed by atoms with Crippen molar-refractivity contribution >= 4 is 6.09 Å². The van der Waals surface area contributed by atoms with Gasteiger partial charge in [-0.25, -0.2) is 4.79 Å². The topological polar surface area (TPSA) is 84.6 Å². The average Bonchev–Trinajstić information content (AvgIpc) is 2.25. The number of amides is 1. The van der Waals surface area contributed by atoms with Crippen molar-refractivity contribution in [3.05, 3.63) is 29.8 Å². The first-order valence-corrected chi connectivity index (χ1v) is 6.15. The standard InChI is InChI=1S/C14H22N2O3/c1-13(2,3)19-12(18)16-9-14(4,15)10-5-7-11(17)8-6-10/h5-8,17H,9,15H2,1-4H3,(H,16,18). The van der Waals surface area contributed by atoms with Crippen molar-refractivity contribution in [3.8, 4) is 5.75 Å². The highest BCUT2D eigenvalue weighted by Crippen LogP contribution is 2.19. The predicted octanol–water partition coefficient (Wildman–Crippen LogP) is 2.09. The smallest absolute Gasteiger partial charge is 0.407 e. The molecule has 0 fully saturated rings. The molecule has 1 rings (SSSR count). The summed E-state index contributed by atoms with van der Waals surface area (Å²) in [6.45, 7) is 7.44. The number of rotatable bonds is 3. The Morgan fingerprint density at radius 2 is 1.79 bits per heavy atom. The van der Waals surface area contributed by atoms with E-state index in [1.165, 1.54) is 0 Å². The van der Waals surface area contributed by atoms with Crippen LogP contribution in [-0.2, 0) is 10.3 Å². The van der Waals surface area contributed by atoms with E-state index in [1.807, 2.05) is 0 Å². The molecule has 0 saturated heterocycles. The molecule has 1 aromatic carbocycles. The molecule has 5 nitrogen and oxygen atoms in total. The highest BCUT2D eigenvalue weighted by Gasteiger charge is 2.23. The van der Waals surface area contributed by atoms with E-state index in [0.717, 1.165) is 5.56 Å². The molecule has 1 aromatic rings. The molecule has 0 saturated carbocycles. The summed E-state index contributed by atoms with van der Waals surface area (Å²) in [6, 6.07) is 6.58. The van der Waals surface area contributed by atoms with Gasteiger partial charge in [0.1, 0.15) is 11.4 Å². The van der Waals surface area contributed by atoms with Crippen LogP contribution in [0.2, 0.25) is 0 Å². The van der Waals surface area contributed by atoms with Gasteiger partial charge in [0.15, 0.2) is 0 Å². The van der Waals surface area contributed by atoms with E-state index in [9.17, 15) is 9.90 Å². The van der Waals surface area contributed by atoms with Crippen LogP contribution in [0.15, 0.2) is 24.3 Å². The first kappa shape index (κ1) is 15.3. The van der Waals surface area contributed by atoms with E-state index in [4.69, 9.17) is 10.5 Å². The second kappa shape index (κ2) is 5.48. The molecule has 1 atom stereocenters. The number of hydrogen-bond acceptors (Lipinski definition) is 4. The van der Waals surface area contributed by atoms with E-state index < -0.39 is 17.2 Å². The molecule has 106 valence electrons. The summed E-state index contributed by atoms with van der Waals surface area (Å²) in [5, 5.41) is 11.9. The summed E-state index contributed by atoms with van der Waals surface area (Å²) in [6.07, 6.45) is -0.497. The minimum Gasteiger partial charge on any atom is -0.508 e. The summed E-state index contributed by atoms with van der Waals surface area (Å²) in [7, 11) is 0. The van der Waals surface area contributed by atoms with Gasteiger partial charge in [-0.05, 0) is 45.4 Å². The number of aromatic hydroxyl groups is 1. The van der Waals surface area contributed by atoms with Crippen molar-refractivity contribution in [1.29, 1.82) is 0 Å². The Labute approximate surface area is 113 Å². The van der Waals surface area contributed by atoms with Crippen molar-refractivity contribution in [2.75, 3.05) is 6.54 Å². The SMILES string of the molecule is CC(C)(C)OC(=O)NCC(C)(N)c1ccc(O)cc1. The number of benzene rings is 1. The quantitative estimate of drug-likeness (QED) is 0.782. The molecule has 0 heterocycles. The summed E-state index contributed by atoms with van der Waals surface area (Å²) in [5.41, 5.74) is 5.70. The zero-order chi connectivity index (χ0) is 14.7. The van der Waals surface area contributed by atoms with Gasteiger partial charge in [-0.2, -0.15) is 0 Å². The molecule has 1 amide bonds. The van der Waals surface area contributed by atoms with Crippen molar-refractivity contribution in [3.63, 3.8) is 0 Å². The maximum Gasteiger partial charge on any atom is 0.407 e. The van der Waals surface area contributed by atoms with Crippen molar-refractivity contribution in [1.82, 2.24) is 5.32 Å². The van der Waals surface area contributed by atoms with Crippen molar-refractivity contribution in [2.24, 2.45) is 5.73 Å². The lowest BCUT2D eigenvalue weighted by atomic mass is 9.93. The number of carbonyl (C=O) groups excluding carboxylic acids is 1. The molecule has 0 aliphatic carbocycles. The lowest BCUT2D eigenvalue weighted by molar-refractivity contribution is 0.0516. The number of phenols is 1. The van der Waals surface area contributed by atoms with Crippen LogP contribution >= 0.6 is 0 Å². The zero-order valence-corrected chi connectivity index (χ0v) is 11.9. The molecule has 0 aliphatic rings. The lowest BCUT2D eigenvalue weighted by Gasteiger charge is -2.27. The van der Waals surface area contributed by atoms with E-state index in [-0.39, 0.29) is 12.3 Å². The normalized spacial score (nSPS) is 14.6. The molecular formula is C14H22N2O3. The van der Waals surface area contributed by atoms with E-state index >= 15 is 0 Å². The van der Waals surface area contributed by atoms with Gasteiger partial charge in [-0.1, -0.05) is 12.1 Å². The fourth-order valence-electron chi connectivity index (χ4n) is 1.51. The maximum absolute atomic E-state index is 11.6. The summed E-state index contributed by atoms with van der Waals surface area (Å²) in [4.78, 5) is 11.6. The highest BCUT2D eigenvalue weighted by molar-refractivity contribution is 5.67.